The van der Waals surface area contributed by atoms with Crippen molar-refractivity contribution in [2.75, 3.05) is 0 Å². The van der Waals surface area contributed by atoms with E-state index in [2.05, 4.69) is 4.98 Å². The first-order valence-corrected chi connectivity index (χ1v) is 6.87. The third kappa shape index (κ3) is 2.04. The van der Waals surface area contributed by atoms with Crippen LogP contribution in [0.5, 0.6) is 0 Å². The summed E-state index contributed by atoms with van der Waals surface area (Å²) >= 11 is 0. The second kappa shape index (κ2) is 4.82. The number of pyridine rings is 1. The number of nitrogens with zero attached hydrogens (tertiary/aromatic N) is 1. The van der Waals surface area contributed by atoms with Crippen LogP contribution in [0, 0.1) is 0 Å². The van der Waals surface area contributed by atoms with Gasteiger partial charge in [-0.25, -0.2) is 9.78 Å². The number of rotatable bonds is 3. The summed E-state index contributed by atoms with van der Waals surface area (Å²) < 4.78 is 0. The molecule has 0 saturated carbocycles. The molecule has 3 rings (SSSR count). The average Bonchev–Trinajstić information content (AvgIpc) is 2.51. The van der Waals surface area contributed by atoms with Crippen LogP contribution >= 0.6 is 0 Å². The lowest BCUT2D eigenvalue weighted by Crippen LogP contribution is -2.44. The maximum atomic E-state index is 11.6. The molecule has 3 N–H and O–H groups in total. The van der Waals surface area contributed by atoms with Gasteiger partial charge in [-0.05, 0) is 30.2 Å². The third-order valence-corrected chi connectivity index (χ3v) is 3.98. The molecule has 0 radical (unpaired) electrons. The molecule has 0 amide bonds. The molecule has 21 heavy (non-hydrogen) atoms. The molecule has 0 bridgehead atoms. The molecule has 0 fully saturated rings. The molecule has 2 aromatic carbocycles. The fourth-order valence-corrected chi connectivity index (χ4v) is 2.64. The highest BCUT2D eigenvalue weighted by Crippen LogP contribution is 2.31. The standard InChI is InChI=1S/C17H16N2O2/c1-2-17(18,16(20)21)13-7-5-9-15-12(13)10-11-6-3-4-8-14(11)19-15/h3-10H,2,18H2,1H3,(H,20,21). The van der Waals surface area contributed by atoms with Crippen molar-refractivity contribution < 1.29 is 9.90 Å². The van der Waals surface area contributed by atoms with E-state index in [9.17, 15) is 9.90 Å². The Morgan fingerprint density at radius 3 is 2.62 bits per heavy atom. The Bertz CT molecular complexity index is 844. The summed E-state index contributed by atoms with van der Waals surface area (Å²) in [5.41, 5.74) is 7.00. The highest BCUT2D eigenvalue weighted by atomic mass is 16.4. The van der Waals surface area contributed by atoms with Crippen LogP contribution in [0.2, 0.25) is 0 Å². The Balaban J connectivity index is 2.38. The smallest absolute Gasteiger partial charge is 0.328 e. The molecule has 1 unspecified atom stereocenters. The van der Waals surface area contributed by atoms with Crippen LogP contribution in [0.1, 0.15) is 18.9 Å². The Morgan fingerprint density at radius 2 is 1.90 bits per heavy atom. The average molecular weight is 280 g/mol. The van der Waals surface area contributed by atoms with Crippen LogP contribution in [0.15, 0.2) is 48.5 Å². The number of hydrogen-bond donors (Lipinski definition) is 2. The van der Waals surface area contributed by atoms with E-state index < -0.39 is 11.5 Å². The number of carboxylic acids is 1. The molecule has 4 heteroatoms. The maximum absolute atomic E-state index is 11.6. The summed E-state index contributed by atoms with van der Waals surface area (Å²) in [4.78, 5) is 16.2. The molecule has 0 spiro atoms. The van der Waals surface area contributed by atoms with Crippen LogP contribution in [0.25, 0.3) is 21.8 Å². The normalized spacial score (nSPS) is 14.2. The molecule has 106 valence electrons. The Hall–Kier alpha value is -2.46. The number of carbonyl (C=O) groups is 1. The number of aliphatic carboxylic acids is 1. The van der Waals surface area contributed by atoms with Crippen molar-refractivity contribution in [2.45, 2.75) is 18.9 Å². The summed E-state index contributed by atoms with van der Waals surface area (Å²) in [6.45, 7) is 1.78. The molecule has 0 saturated heterocycles. The van der Waals surface area contributed by atoms with Gasteiger partial charge >= 0.3 is 5.97 Å². The van der Waals surface area contributed by atoms with E-state index in [4.69, 9.17) is 5.73 Å². The Morgan fingerprint density at radius 1 is 1.19 bits per heavy atom. The van der Waals surface area contributed by atoms with Crippen molar-refractivity contribution in [3.63, 3.8) is 0 Å². The van der Waals surface area contributed by atoms with E-state index >= 15 is 0 Å². The van der Waals surface area contributed by atoms with Crippen LogP contribution in [-0.4, -0.2) is 16.1 Å². The highest BCUT2D eigenvalue weighted by molar-refractivity contribution is 5.97. The lowest BCUT2D eigenvalue weighted by atomic mass is 9.85. The van der Waals surface area contributed by atoms with E-state index in [0.29, 0.717) is 12.0 Å². The first-order valence-electron chi connectivity index (χ1n) is 6.87. The van der Waals surface area contributed by atoms with Crippen molar-refractivity contribution in [1.29, 1.82) is 0 Å². The van der Waals surface area contributed by atoms with Gasteiger partial charge in [-0.15, -0.1) is 0 Å². The summed E-state index contributed by atoms with van der Waals surface area (Å²) in [7, 11) is 0. The molecular weight excluding hydrogens is 264 g/mol. The van der Waals surface area contributed by atoms with Gasteiger partial charge in [0, 0.05) is 10.8 Å². The van der Waals surface area contributed by atoms with Gasteiger partial charge in [0.2, 0.25) is 0 Å². The SMILES string of the molecule is CCC(N)(C(=O)O)c1cccc2nc3ccccc3cc12. The number of fused-ring (bicyclic) bond motifs is 2. The minimum atomic E-state index is -1.40. The number of hydrogen-bond acceptors (Lipinski definition) is 3. The summed E-state index contributed by atoms with van der Waals surface area (Å²) in [6.07, 6.45) is 0.314. The second-order valence-corrected chi connectivity index (χ2v) is 5.18. The number of aromatic nitrogens is 1. The topological polar surface area (TPSA) is 76.2 Å². The van der Waals surface area contributed by atoms with E-state index in [1.807, 2.05) is 36.4 Å². The summed E-state index contributed by atoms with van der Waals surface area (Å²) in [5, 5.41) is 11.3. The van der Waals surface area contributed by atoms with Crippen molar-refractivity contribution in [3.05, 3.63) is 54.1 Å². The van der Waals surface area contributed by atoms with Crippen molar-refractivity contribution >= 4 is 27.8 Å². The van der Waals surface area contributed by atoms with Gasteiger partial charge in [0.1, 0.15) is 5.54 Å². The fraction of sp³-hybridized carbons (Fsp3) is 0.176. The number of nitrogens with two attached hydrogens (primary N) is 1. The Labute approximate surface area is 122 Å². The first-order chi connectivity index (χ1) is 10.1. The largest absolute Gasteiger partial charge is 0.480 e. The number of carboxylic acid groups (broad SMARTS) is 1. The molecule has 4 nitrogen and oxygen atoms in total. The van der Waals surface area contributed by atoms with Gasteiger partial charge in [-0.2, -0.15) is 0 Å². The molecule has 0 aliphatic heterocycles. The van der Waals surface area contributed by atoms with Crippen LogP contribution < -0.4 is 5.73 Å². The lowest BCUT2D eigenvalue weighted by Gasteiger charge is -2.25. The number of para-hydroxylation sites is 1. The van der Waals surface area contributed by atoms with Gasteiger partial charge in [0.05, 0.1) is 11.0 Å². The molecule has 3 aromatic rings. The van der Waals surface area contributed by atoms with E-state index in [0.717, 1.165) is 21.8 Å². The monoisotopic (exact) mass is 280 g/mol. The Kier molecular flexibility index (Phi) is 3.11. The fourth-order valence-electron chi connectivity index (χ4n) is 2.64. The lowest BCUT2D eigenvalue weighted by molar-refractivity contribution is -0.143. The zero-order valence-corrected chi connectivity index (χ0v) is 11.7. The first kappa shape index (κ1) is 13.5. The van der Waals surface area contributed by atoms with Crippen molar-refractivity contribution in [1.82, 2.24) is 4.98 Å². The predicted molar refractivity (Wildman–Crippen MR) is 83.0 cm³/mol. The minimum absolute atomic E-state index is 0.314. The van der Waals surface area contributed by atoms with Gasteiger partial charge in [0.25, 0.3) is 0 Å². The molecule has 0 aliphatic rings. The zero-order chi connectivity index (χ0) is 15.0. The molecule has 1 atom stereocenters. The van der Waals surface area contributed by atoms with E-state index in [-0.39, 0.29) is 0 Å². The van der Waals surface area contributed by atoms with Crippen molar-refractivity contribution in [2.24, 2.45) is 5.73 Å². The second-order valence-electron chi connectivity index (χ2n) is 5.18. The van der Waals surface area contributed by atoms with Crippen molar-refractivity contribution in [3.8, 4) is 0 Å². The predicted octanol–water partition coefficient (Wildman–Crippen LogP) is 3.04. The minimum Gasteiger partial charge on any atom is -0.480 e. The van der Waals surface area contributed by atoms with Gasteiger partial charge in [0.15, 0.2) is 0 Å². The highest BCUT2D eigenvalue weighted by Gasteiger charge is 2.35. The van der Waals surface area contributed by atoms with Gasteiger partial charge < -0.3 is 10.8 Å². The molecule has 1 heterocycles. The van der Waals surface area contributed by atoms with E-state index in [1.54, 1.807) is 19.1 Å². The zero-order valence-electron chi connectivity index (χ0n) is 11.7. The molecule has 1 aromatic heterocycles. The molecular formula is C17H16N2O2. The van der Waals surface area contributed by atoms with Gasteiger partial charge in [-0.1, -0.05) is 37.3 Å². The van der Waals surface area contributed by atoms with Gasteiger partial charge in [-0.3, -0.25) is 0 Å². The molecule has 0 aliphatic carbocycles. The number of benzene rings is 2. The van der Waals surface area contributed by atoms with Crippen LogP contribution in [0.4, 0.5) is 0 Å². The maximum Gasteiger partial charge on any atom is 0.328 e. The van der Waals surface area contributed by atoms with Crippen LogP contribution in [-0.2, 0) is 10.3 Å². The summed E-state index contributed by atoms with van der Waals surface area (Å²) in [6, 6.07) is 15.2. The quantitative estimate of drug-likeness (QED) is 0.723. The van der Waals surface area contributed by atoms with Crippen LogP contribution in [0.3, 0.4) is 0 Å². The third-order valence-electron chi connectivity index (χ3n) is 3.98. The van der Waals surface area contributed by atoms with E-state index in [1.165, 1.54) is 0 Å². The summed E-state index contributed by atoms with van der Waals surface area (Å²) in [5.74, 6) is -1.02.